The van der Waals surface area contributed by atoms with Crippen LogP contribution in [0.3, 0.4) is 0 Å². The van der Waals surface area contributed by atoms with Gasteiger partial charge in [0.1, 0.15) is 24.3 Å². The van der Waals surface area contributed by atoms with E-state index < -0.39 is 6.10 Å². The Kier molecular flexibility index (Phi) is 5.25. The molecule has 1 unspecified atom stereocenters. The van der Waals surface area contributed by atoms with Gasteiger partial charge in [0.15, 0.2) is 5.82 Å². The molecule has 1 aromatic carbocycles. The van der Waals surface area contributed by atoms with Crippen LogP contribution in [0.1, 0.15) is 30.4 Å². The maximum Gasteiger partial charge on any atom is 0.153 e. The molecule has 6 heteroatoms. The van der Waals surface area contributed by atoms with Crippen molar-refractivity contribution in [3.8, 4) is 5.75 Å². The zero-order valence-electron chi connectivity index (χ0n) is 13.5. The Balaban J connectivity index is 1.40. The topological polar surface area (TPSA) is 74.3 Å². The highest BCUT2D eigenvalue weighted by atomic mass is 16.5. The standard InChI is InChI=1S/C17H24N4O2/c1-13-18-17(20-19-13)14-7-9-21(10-8-14)11-15(22)12-23-16-5-3-2-4-6-16/h2-6,14-15,22H,7-12H2,1H3,(H,18,19,20). The van der Waals surface area contributed by atoms with Gasteiger partial charge in [-0.2, -0.15) is 5.10 Å². The van der Waals surface area contributed by atoms with E-state index in [9.17, 15) is 5.11 Å². The largest absolute Gasteiger partial charge is 0.491 e. The summed E-state index contributed by atoms with van der Waals surface area (Å²) in [6.45, 7) is 4.81. The molecule has 1 aliphatic rings. The van der Waals surface area contributed by atoms with E-state index in [0.29, 0.717) is 19.1 Å². The minimum Gasteiger partial charge on any atom is -0.491 e. The van der Waals surface area contributed by atoms with Gasteiger partial charge in [-0.3, -0.25) is 5.10 Å². The van der Waals surface area contributed by atoms with Crippen molar-refractivity contribution in [2.45, 2.75) is 31.8 Å². The van der Waals surface area contributed by atoms with Crippen LogP contribution in [-0.2, 0) is 0 Å². The van der Waals surface area contributed by atoms with Crippen LogP contribution in [0.2, 0.25) is 0 Å². The Labute approximate surface area is 136 Å². The van der Waals surface area contributed by atoms with Crippen molar-refractivity contribution in [3.63, 3.8) is 0 Å². The molecule has 0 bridgehead atoms. The molecule has 1 aliphatic heterocycles. The van der Waals surface area contributed by atoms with Gasteiger partial charge in [0.25, 0.3) is 0 Å². The second-order valence-corrected chi connectivity index (χ2v) is 6.13. The first-order valence-electron chi connectivity index (χ1n) is 8.18. The third kappa shape index (κ3) is 4.53. The van der Waals surface area contributed by atoms with Crippen LogP contribution >= 0.6 is 0 Å². The van der Waals surface area contributed by atoms with Gasteiger partial charge in [-0.1, -0.05) is 18.2 Å². The summed E-state index contributed by atoms with van der Waals surface area (Å²) in [6.07, 6.45) is 1.59. The minimum atomic E-state index is -0.475. The number of aliphatic hydroxyl groups is 1. The van der Waals surface area contributed by atoms with Crippen LogP contribution in [0, 0.1) is 6.92 Å². The molecule has 0 aliphatic carbocycles. The number of hydrogen-bond acceptors (Lipinski definition) is 5. The number of benzene rings is 1. The number of piperidine rings is 1. The lowest BCUT2D eigenvalue weighted by molar-refractivity contribution is 0.0591. The van der Waals surface area contributed by atoms with E-state index in [2.05, 4.69) is 20.1 Å². The van der Waals surface area contributed by atoms with Gasteiger partial charge in [-0.25, -0.2) is 4.98 Å². The maximum atomic E-state index is 10.2. The molecule has 0 radical (unpaired) electrons. The number of aromatic amines is 1. The van der Waals surface area contributed by atoms with Gasteiger partial charge in [0.05, 0.1) is 0 Å². The molecule has 1 aromatic heterocycles. The number of aliphatic hydroxyl groups excluding tert-OH is 1. The van der Waals surface area contributed by atoms with E-state index >= 15 is 0 Å². The fourth-order valence-electron chi connectivity index (χ4n) is 2.98. The van der Waals surface area contributed by atoms with Crippen LogP contribution in [0.5, 0.6) is 5.75 Å². The SMILES string of the molecule is Cc1nc(C2CCN(CC(O)COc3ccccc3)CC2)n[nH]1. The molecule has 23 heavy (non-hydrogen) atoms. The van der Waals surface area contributed by atoms with E-state index in [4.69, 9.17) is 4.74 Å². The minimum absolute atomic E-state index is 0.323. The summed E-state index contributed by atoms with van der Waals surface area (Å²) in [6, 6.07) is 9.60. The van der Waals surface area contributed by atoms with Crippen LogP contribution in [0.25, 0.3) is 0 Å². The zero-order valence-corrected chi connectivity index (χ0v) is 13.5. The Morgan fingerprint density at radius 3 is 2.70 bits per heavy atom. The predicted molar refractivity (Wildman–Crippen MR) is 87.5 cm³/mol. The number of likely N-dealkylation sites (tertiary alicyclic amines) is 1. The number of para-hydroxylation sites is 1. The lowest BCUT2D eigenvalue weighted by Gasteiger charge is -2.32. The van der Waals surface area contributed by atoms with E-state index in [1.165, 1.54) is 0 Å². The summed E-state index contributed by atoms with van der Waals surface area (Å²) < 4.78 is 5.60. The predicted octanol–water partition coefficient (Wildman–Crippen LogP) is 1.73. The summed E-state index contributed by atoms with van der Waals surface area (Å²) in [7, 11) is 0. The van der Waals surface area contributed by atoms with E-state index in [1.807, 2.05) is 37.3 Å². The Hall–Kier alpha value is -1.92. The van der Waals surface area contributed by atoms with Gasteiger partial charge in [-0.15, -0.1) is 0 Å². The molecule has 2 N–H and O–H groups in total. The van der Waals surface area contributed by atoms with Crippen LogP contribution in [0.15, 0.2) is 30.3 Å². The first-order chi connectivity index (χ1) is 11.2. The molecule has 1 saturated heterocycles. The number of rotatable bonds is 6. The smallest absolute Gasteiger partial charge is 0.153 e. The van der Waals surface area contributed by atoms with E-state index in [1.54, 1.807) is 0 Å². The van der Waals surface area contributed by atoms with Crippen LogP contribution in [0.4, 0.5) is 0 Å². The third-order valence-corrected chi connectivity index (χ3v) is 4.22. The maximum absolute atomic E-state index is 10.2. The summed E-state index contributed by atoms with van der Waals surface area (Å²) in [5.74, 6) is 3.02. The molecule has 6 nitrogen and oxygen atoms in total. The lowest BCUT2D eigenvalue weighted by atomic mass is 9.96. The van der Waals surface area contributed by atoms with Crippen molar-refractivity contribution < 1.29 is 9.84 Å². The molecule has 2 aromatic rings. The number of H-pyrrole nitrogens is 1. The van der Waals surface area contributed by atoms with Crippen molar-refractivity contribution in [2.75, 3.05) is 26.2 Å². The second-order valence-electron chi connectivity index (χ2n) is 6.13. The normalized spacial score (nSPS) is 18.0. The fraction of sp³-hybridized carbons (Fsp3) is 0.529. The second kappa shape index (κ2) is 7.57. The Morgan fingerprint density at radius 1 is 1.30 bits per heavy atom. The van der Waals surface area contributed by atoms with Gasteiger partial charge in [0.2, 0.25) is 0 Å². The van der Waals surface area contributed by atoms with Gasteiger partial charge < -0.3 is 14.7 Å². The van der Waals surface area contributed by atoms with Crippen molar-refractivity contribution >= 4 is 0 Å². The molecule has 0 amide bonds. The van der Waals surface area contributed by atoms with E-state index in [-0.39, 0.29) is 0 Å². The summed E-state index contributed by atoms with van der Waals surface area (Å²) in [5, 5.41) is 17.3. The first-order valence-corrected chi connectivity index (χ1v) is 8.18. The summed E-state index contributed by atoms with van der Waals surface area (Å²) in [5.41, 5.74) is 0. The van der Waals surface area contributed by atoms with Crippen LogP contribution in [-0.4, -0.2) is 57.5 Å². The van der Waals surface area contributed by atoms with Gasteiger partial charge in [0, 0.05) is 12.5 Å². The lowest BCUT2D eigenvalue weighted by Crippen LogP contribution is -2.40. The number of hydrogen-bond donors (Lipinski definition) is 2. The summed E-state index contributed by atoms with van der Waals surface area (Å²) >= 11 is 0. The number of ether oxygens (including phenoxy) is 1. The highest BCUT2D eigenvalue weighted by Gasteiger charge is 2.24. The van der Waals surface area contributed by atoms with Crippen LogP contribution < -0.4 is 4.74 Å². The molecular weight excluding hydrogens is 292 g/mol. The Bertz CT molecular complexity index is 594. The quantitative estimate of drug-likeness (QED) is 0.849. The number of β-amino-alcohol motifs (C(OH)–C–C–N with tert-alkyl or cyclic N) is 1. The van der Waals surface area contributed by atoms with Crippen molar-refractivity contribution in [1.82, 2.24) is 20.1 Å². The molecule has 0 spiro atoms. The average molecular weight is 316 g/mol. The van der Waals surface area contributed by atoms with Crippen molar-refractivity contribution in [2.24, 2.45) is 0 Å². The van der Waals surface area contributed by atoms with E-state index in [0.717, 1.165) is 43.3 Å². The highest BCUT2D eigenvalue weighted by molar-refractivity contribution is 5.20. The molecule has 3 rings (SSSR count). The molecule has 0 saturated carbocycles. The molecule has 1 atom stereocenters. The average Bonchev–Trinajstić information content (AvgIpc) is 3.01. The number of nitrogens with one attached hydrogen (secondary N) is 1. The molecule has 124 valence electrons. The summed E-state index contributed by atoms with van der Waals surface area (Å²) in [4.78, 5) is 6.72. The first kappa shape index (κ1) is 16.0. The van der Waals surface area contributed by atoms with Gasteiger partial charge in [-0.05, 0) is 45.0 Å². The third-order valence-electron chi connectivity index (χ3n) is 4.22. The van der Waals surface area contributed by atoms with Crippen molar-refractivity contribution in [1.29, 1.82) is 0 Å². The molecular formula is C17H24N4O2. The Morgan fingerprint density at radius 2 is 2.04 bits per heavy atom. The number of aryl methyl sites for hydroxylation is 1. The highest BCUT2D eigenvalue weighted by Crippen LogP contribution is 2.25. The van der Waals surface area contributed by atoms with Gasteiger partial charge >= 0.3 is 0 Å². The molecule has 2 heterocycles. The van der Waals surface area contributed by atoms with Crippen molar-refractivity contribution in [3.05, 3.63) is 42.0 Å². The number of nitrogens with zero attached hydrogens (tertiary/aromatic N) is 3. The number of aromatic nitrogens is 3. The monoisotopic (exact) mass is 316 g/mol. The fourth-order valence-corrected chi connectivity index (χ4v) is 2.98. The zero-order chi connectivity index (χ0) is 16.1. The molecule has 1 fully saturated rings.